The third kappa shape index (κ3) is 3.63. The average molecular weight is 347 g/mol. The Bertz CT molecular complexity index is 589. The van der Waals surface area contributed by atoms with Crippen LogP contribution < -0.4 is 28.8 Å². The van der Waals surface area contributed by atoms with Gasteiger partial charge in [0.25, 0.3) is 0 Å². The summed E-state index contributed by atoms with van der Waals surface area (Å²) in [4.78, 5) is 3.55. The predicted octanol–water partition coefficient (Wildman–Crippen LogP) is -2.06. The van der Waals surface area contributed by atoms with E-state index >= 15 is 0 Å². The minimum absolute atomic E-state index is 0. The van der Waals surface area contributed by atoms with Crippen molar-refractivity contribution in [2.75, 3.05) is 0 Å². The molecule has 0 atom stereocenters. The number of aromatic nitrogens is 1. The smallest absolute Gasteiger partial charge is 1.00 e. The number of hydrogen-bond donors (Lipinski definition) is 1. The van der Waals surface area contributed by atoms with Crippen LogP contribution in [0.5, 0.6) is 0 Å². The van der Waals surface area contributed by atoms with E-state index < -0.39 is 0 Å². The number of fused-ring (bicyclic) bond motifs is 1. The van der Waals surface area contributed by atoms with Crippen LogP contribution in [0.3, 0.4) is 0 Å². The van der Waals surface area contributed by atoms with Crippen LogP contribution in [0.4, 0.5) is 0 Å². The van der Waals surface area contributed by atoms with Crippen molar-refractivity contribution in [2.24, 2.45) is 0 Å². The van der Waals surface area contributed by atoms with Gasteiger partial charge in [0, 0.05) is 0 Å². The molecule has 109 valence electrons. The van der Waals surface area contributed by atoms with Crippen LogP contribution in [-0.4, -0.2) is 4.98 Å². The normalized spacial score (nSPS) is 12.0. The molecule has 0 fully saturated rings. The number of aromatic amines is 1. The first-order chi connectivity index (χ1) is 8.12. The zero-order chi connectivity index (χ0) is 13.7. The summed E-state index contributed by atoms with van der Waals surface area (Å²) in [5.41, 5.74) is 4.51. The van der Waals surface area contributed by atoms with Crippen LogP contribution in [0.25, 0.3) is 10.9 Å². The molecule has 1 aromatic heterocycles. The Labute approximate surface area is 146 Å². The number of hydrogen-bond acceptors (Lipinski definition) is 0. The number of benzene rings is 1. The second-order valence-electron chi connectivity index (χ2n) is 7.10. The SMILES string of the molecule is CC(C)(C)c1cccc2[nH][c]([Ti+2])c(C(C)(C)C)c12.[Cl-].[Cl-]. The van der Waals surface area contributed by atoms with Crippen molar-refractivity contribution in [2.45, 2.75) is 52.4 Å². The molecule has 0 aliphatic carbocycles. The van der Waals surface area contributed by atoms with E-state index in [2.05, 4.69) is 85.2 Å². The fraction of sp³-hybridized carbons (Fsp3) is 0.500. The molecule has 0 amide bonds. The summed E-state index contributed by atoms with van der Waals surface area (Å²) >= 11 is 2.19. The molecule has 0 aliphatic heterocycles. The Hall–Kier alpha value is 0.0543. The fourth-order valence-electron chi connectivity index (χ4n) is 2.62. The molecule has 20 heavy (non-hydrogen) atoms. The van der Waals surface area contributed by atoms with E-state index in [1.807, 2.05) is 0 Å². The second kappa shape index (κ2) is 6.44. The molecule has 0 aliphatic rings. The van der Waals surface area contributed by atoms with E-state index in [0.29, 0.717) is 0 Å². The van der Waals surface area contributed by atoms with Crippen LogP contribution >= 0.6 is 0 Å². The zero-order valence-electron chi connectivity index (χ0n) is 13.0. The fourth-order valence-corrected chi connectivity index (χ4v) is 3.61. The first kappa shape index (κ1) is 20.1. The monoisotopic (exact) mass is 346 g/mol. The van der Waals surface area contributed by atoms with Crippen LogP contribution in [0, 0.1) is 0 Å². The molecule has 0 unspecified atom stereocenters. The van der Waals surface area contributed by atoms with Crippen molar-refractivity contribution in [1.82, 2.24) is 4.98 Å². The van der Waals surface area contributed by atoms with Gasteiger partial charge >= 0.3 is 122 Å². The molecule has 0 bridgehead atoms. The topological polar surface area (TPSA) is 15.8 Å². The van der Waals surface area contributed by atoms with Gasteiger partial charge in [-0.15, -0.1) is 0 Å². The van der Waals surface area contributed by atoms with Gasteiger partial charge in [0.1, 0.15) is 0 Å². The van der Waals surface area contributed by atoms with Gasteiger partial charge in [0.15, 0.2) is 0 Å². The summed E-state index contributed by atoms with van der Waals surface area (Å²) in [7, 11) is 0. The second-order valence-corrected chi connectivity index (χ2v) is 7.88. The summed E-state index contributed by atoms with van der Waals surface area (Å²) in [5.74, 6) is 0. The van der Waals surface area contributed by atoms with Gasteiger partial charge in [-0.05, 0) is 0 Å². The van der Waals surface area contributed by atoms with E-state index in [4.69, 9.17) is 0 Å². The maximum atomic E-state index is 3.55. The third-order valence-electron chi connectivity index (χ3n) is 3.38. The summed E-state index contributed by atoms with van der Waals surface area (Å²) < 4.78 is 1.30. The van der Waals surface area contributed by atoms with Gasteiger partial charge in [-0.2, -0.15) is 0 Å². The van der Waals surface area contributed by atoms with Crippen molar-refractivity contribution in [3.8, 4) is 0 Å². The quantitative estimate of drug-likeness (QED) is 0.528. The molecule has 1 nitrogen and oxygen atoms in total. The Morgan fingerprint density at radius 1 is 0.900 bits per heavy atom. The van der Waals surface area contributed by atoms with Crippen molar-refractivity contribution in [1.29, 1.82) is 0 Å². The zero-order valence-corrected chi connectivity index (χ0v) is 16.1. The molecule has 2 aromatic rings. The summed E-state index contributed by atoms with van der Waals surface area (Å²) in [6, 6.07) is 6.61. The van der Waals surface area contributed by atoms with Crippen LogP contribution in [0.2, 0.25) is 0 Å². The number of nitrogens with one attached hydrogen (secondary N) is 1. The van der Waals surface area contributed by atoms with Gasteiger partial charge in [-0.25, -0.2) is 0 Å². The molecule has 1 heterocycles. The van der Waals surface area contributed by atoms with Crippen LogP contribution in [0.1, 0.15) is 52.7 Å². The minimum Gasteiger partial charge on any atom is -1.00 e. The Morgan fingerprint density at radius 2 is 1.45 bits per heavy atom. The summed E-state index contributed by atoms with van der Waals surface area (Å²) in [6.07, 6.45) is 0. The molecule has 0 radical (unpaired) electrons. The average Bonchev–Trinajstić information content (AvgIpc) is 2.50. The first-order valence-electron chi connectivity index (χ1n) is 6.49. The molecule has 4 heteroatoms. The Kier molecular flexibility index (Phi) is 6.46. The Balaban J connectivity index is 0.00000180. The molecule has 2 rings (SSSR count). The summed E-state index contributed by atoms with van der Waals surface area (Å²) in [5, 5.41) is 1.43. The van der Waals surface area contributed by atoms with Crippen molar-refractivity contribution in [3.05, 3.63) is 29.3 Å². The number of H-pyrrole nitrogens is 1. The molecular weight excluding hydrogens is 325 g/mol. The maximum absolute atomic E-state index is 3.55. The predicted molar refractivity (Wildman–Crippen MR) is 75.3 cm³/mol. The standard InChI is InChI=1S/C16H22N.2ClH.Ti/c1-15(2,3)11-8-7-9-13-14(11)12(10-17-13)16(4,5)6;;;/h7-9,17H,1-6H3;2*1H;/q;;;+2/p-2. The minimum atomic E-state index is 0. The van der Waals surface area contributed by atoms with E-state index in [9.17, 15) is 0 Å². The largest absolute Gasteiger partial charge is 1.00 e. The van der Waals surface area contributed by atoms with Crippen molar-refractivity contribution >= 4 is 14.9 Å². The molecule has 1 aromatic carbocycles. The van der Waals surface area contributed by atoms with E-state index in [1.165, 1.54) is 26.0 Å². The molecule has 0 saturated heterocycles. The maximum Gasteiger partial charge on any atom is -1.00 e. The van der Waals surface area contributed by atoms with E-state index in [1.54, 1.807) is 0 Å². The van der Waals surface area contributed by atoms with E-state index in [-0.39, 0.29) is 35.6 Å². The van der Waals surface area contributed by atoms with Crippen LogP contribution in [-0.2, 0) is 31.3 Å². The van der Waals surface area contributed by atoms with Crippen molar-refractivity contribution in [3.63, 3.8) is 0 Å². The van der Waals surface area contributed by atoms with Crippen LogP contribution in [0.15, 0.2) is 18.2 Å². The summed E-state index contributed by atoms with van der Waals surface area (Å²) in [6.45, 7) is 13.7. The molecule has 1 N–H and O–H groups in total. The molecular formula is C16H22Cl2NTi. The van der Waals surface area contributed by atoms with Gasteiger partial charge in [-0.1, -0.05) is 0 Å². The third-order valence-corrected chi connectivity index (χ3v) is 3.97. The molecule has 0 spiro atoms. The van der Waals surface area contributed by atoms with Crippen molar-refractivity contribution < 1.29 is 45.2 Å². The van der Waals surface area contributed by atoms with Gasteiger partial charge in [-0.3, -0.25) is 0 Å². The first-order valence-corrected chi connectivity index (χ1v) is 7.27. The Morgan fingerprint density at radius 3 is 1.90 bits per heavy atom. The molecule has 0 saturated carbocycles. The van der Waals surface area contributed by atoms with E-state index in [0.717, 1.165) is 0 Å². The van der Waals surface area contributed by atoms with Gasteiger partial charge in [0.2, 0.25) is 0 Å². The number of halogens is 2. The van der Waals surface area contributed by atoms with Gasteiger partial charge in [0.05, 0.1) is 0 Å². The van der Waals surface area contributed by atoms with Gasteiger partial charge < -0.3 is 24.8 Å². The number of rotatable bonds is 0.